The summed E-state index contributed by atoms with van der Waals surface area (Å²) in [6, 6.07) is 5.10. The van der Waals surface area contributed by atoms with Crippen LogP contribution in [0.4, 0.5) is 0 Å². The van der Waals surface area contributed by atoms with Gasteiger partial charge in [0.25, 0.3) is 0 Å². The van der Waals surface area contributed by atoms with Crippen molar-refractivity contribution in [1.82, 2.24) is 20.6 Å². The second-order valence-corrected chi connectivity index (χ2v) is 7.80. The van der Waals surface area contributed by atoms with Crippen molar-refractivity contribution in [3.63, 3.8) is 0 Å². The molecule has 2 bridgehead atoms. The predicted octanol–water partition coefficient (Wildman–Crippen LogP) is 2.76. The van der Waals surface area contributed by atoms with Gasteiger partial charge in [-0.15, -0.1) is 0 Å². The summed E-state index contributed by atoms with van der Waals surface area (Å²) in [7, 11) is 0. The normalized spacial score (nSPS) is 28.0. The Morgan fingerprint density at radius 1 is 1.36 bits per heavy atom. The first-order valence-electron chi connectivity index (χ1n) is 9.52. The highest BCUT2D eigenvalue weighted by molar-refractivity contribution is 5.84. The van der Waals surface area contributed by atoms with Gasteiger partial charge in [-0.3, -0.25) is 4.79 Å². The van der Waals surface area contributed by atoms with Gasteiger partial charge in [0.2, 0.25) is 5.91 Å². The number of nitrogens with zero attached hydrogens (tertiary/aromatic N) is 1. The van der Waals surface area contributed by atoms with E-state index < -0.39 is 0 Å². The summed E-state index contributed by atoms with van der Waals surface area (Å²) < 4.78 is 0. The maximum atomic E-state index is 12.9. The Morgan fingerprint density at radius 2 is 2.20 bits per heavy atom. The molecular weight excluding hydrogens is 312 g/mol. The lowest BCUT2D eigenvalue weighted by Crippen LogP contribution is -2.48. The molecule has 2 aliphatic heterocycles. The summed E-state index contributed by atoms with van der Waals surface area (Å²) in [5.41, 5.74) is 4.40. The van der Waals surface area contributed by atoms with Crippen molar-refractivity contribution in [2.45, 2.75) is 65.0 Å². The van der Waals surface area contributed by atoms with Gasteiger partial charge in [0.1, 0.15) is 5.82 Å². The van der Waals surface area contributed by atoms with E-state index in [1.165, 1.54) is 17.5 Å². The third kappa shape index (κ3) is 2.65. The summed E-state index contributed by atoms with van der Waals surface area (Å²) >= 11 is 0. The molecule has 2 fully saturated rings. The molecule has 134 valence electrons. The number of imidazole rings is 1. The molecule has 3 N–H and O–H groups in total. The lowest BCUT2D eigenvalue weighted by molar-refractivity contribution is -0.132. The number of aromatic nitrogens is 2. The molecule has 5 nitrogen and oxygen atoms in total. The third-order valence-electron chi connectivity index (χ3n) is 6.48. The van der Waals surface area contributed by atoms with E-state index in [-0.39, 0.29) is 11.3 Å². The number of carbonyl (C=O) groups excluding carboxylic acids is 1. The SMILES string of the molecule is CC[C@@]1(C(=O)NCCc2nc3c(C)c(C)ccc3[nH]2)C[C@@H]2CC[C@H]1N2. The first kappa shape index (κ1) is 16.6. The van der Waals surface area contributed by atoms with Crippen molar-refractivity contribution in [3.8, 4) is 0 Å². The van der Waals surface area contributed by atoms with Gasteiger partial charge in [0.05, 0.1) is 16.4 Å². The molecule has 25 heavy (non-hydrogen) atoms. The Kier molecular flexibility index (Phi) is 4.07. The van der Waals surface area contributed by atoms with E-state index in [9.17, 15) is 4.79 Å². The number of hydrogen-bond acceptors (Lipinski definition) is 3. The molecule has 1 aromatic heterocycles. The lowest BCUT2D eigenvalue weighted by atomic mass is 9.71. The molecule has 2 saturated heterocycles. The summed E-state index contributed by atoms with van der Waals surface area (Å²) in [5, 5.41) is 6.79. The first-order valence-corrected chi connectivity index (χ1v) is 9.52. The van der Waals surface area contributed by atoms with Crippen molar-refractivity contribution in [2.24, 2.45) is 5.41 Å². The quantitative estimate of drug-likeness (QED) is 0.784. The summed E-state index contributed by atoms with van der Waals surface area (Å²) in [4.78, 5) is 21.0. The van der Waals surface area contributed by atoms with Crippen LogP contribution in [0.5, 0.6) is 0 Å². The van der Waals surface area contributed by atoms with Crippen LogP contribution in [0.1, 0.15) is 49.6 Å². The molecule has 0 aliphatic carbocycles. The van der Waals surface area contributed by atoms with Gasteiger partial charge in [-0.25, -0.2) is 4.98 Å². The summed E-state index contributed by atoms with van der Waals surface area (Å²) in [5.74, 6) is 1.17. The van der Waals surface area contributed by atoms with Gasteiger partial charge >= 0.3 is 0 Å². The number of nitrogens with one attached hydrogen (secondary N) is 3. The number of fused-ring (bicyclic) bond motifs is 3. The molecule has 0 spiro atoms. The molecule has 3 heterocycles. The van der Waals surface area contributed by atoms with E-state index in [0.717, 1.165) is 42.5 Å². The fourth-order valence-corrected chi connectivity index (χ4v) is 4.75. The number of H-pyrrole nitrogens is 1. The molecule has 0 radical (unpaired) electrons. The molecule has 3 atom stereocenters. The average Bonchev–Trinajstić information content (AvgIpc) is 3.32. The highest BCUT2D eigenvalue weighted by Gasteiger charge is 2.54. The van der Waals surface area contributed by atoms with E-state index in [1.54, 1.807) is 0 Å². The Morgan fingerprint density at radius 3 is 2.88 bits per heavy atom. The molecule has 5 heteroatoms. The van der Waals surface area contributed by atoms with E-state index in [4.69, 9.17) is 4.98 Å². The summed E-state index contributed by atoms with van der Waals surface area (Å²) in [6.45, 7) is 7.00. The standard InChI is InChI=1S/C20H28N4O/c1-4-20(11-14-6-8-16(20)22-14)19(25)21-10-9-17-23-15-7-5-12(2)13(3)18(15)24-17/h5,7,14,16,22H,4,6,8-11H2,1-3H3,(H,21,25)(H,23,24)/t14-,16+,20+/m0/s1. The lowest BCUT2D eigenvalue weighted by Gasteiger charge is -2.34. The molecule has 0 unspecified atom stereocenters. The van der Waals surface area contributed by atoms with E-state index >= 15 is 0 Å². The minimum absolute atomic E-state index is 0.204. The van der Waals surface area contributed by atoms with Crippen LogP contribution in [0.2, 0.25) is 0 Å². The van der Waals surface area contributed by atoms with Crippen molar-refractivity contribution in [3.05, 3.63) is 29.1 Å². The zero-order valence-electron chi connectivity index (χ0n) is 15.4. The molecule has 2 aromatic rings. The number of aromatic amines is 1. The van der Waals surface area contributed by atoms with Crippen LogP contribution in [0.25, 0.3) is 11.0 Å². The zero-order chi connectivity index (χ0) is 17.6. The fraction of sp³-hybridized carbons (Fsp3) is 0.600. The molecule has 0 saturated carbocycles. The van der Waals surface area contributed by atoms with E-state index in [2.05, 4.69) is 48.5 Å². The van der Waals surface area contributed by atoms with Crippen LogP contribution in [-0.4, -0.2) is 34.5 Å². The van der Waals surface area contributed by atoms with Crippen LogP contribution in [0.3, 0.4) is 0 Å². The highest BCUT2D eigenvalue weighted by Crippen LogP contribution is 2.45. The third-order valence-corrected chi connectivity index (χ3v) is 6.48. The summed E-state index contributed by atoms with van der Waals surface area (Å²) in [6.07, 6.45) is 4.99. The van der Waals surface area contributed by atoms with Gasteiger partial charge in [-0.2, -0.15) is 0 Å². The molecule has 4 rings (SSSR count). The van der Waals surface area contributed by atoms with Gasteiger partial charge in [-0.1, -0.05) is 13.0 Å². The number of aryl methyl sites for hydroxylation is 2. The van der Waals surface area contributed by atoms with Crippen LogP contribution in [-0.2, 0) is 11.2 Å². The minimum Gasteiger partial charge on any atom is -0.355 e. The second kappa shape index (κ2) is 6.13. The Balaban J connectivity index is 1.41. The highest BCUT2D eigenvalue weighted by atomic mass is 16.2. The number of rotatable bonds is 5. The van der Waals surface area contributed by atoms with Crippen molar-refractivity contribution in [1.29, 1.82) is 0 Å². The maximum absolute atomic E-state index is 12.9. The largest absolute Gasteiger partial charge is 0.355 e. The molecule has 2 aliphatic rings. The van der Waals surface area contributed by atoms with Crippen molar-refractivity contribution >= 4 is 16.9 Å². The number of carbonyl (C=O) groups is 1. The number of benzene rings is 1. The van der Waals surface area contributed by atoms with Crippen LogP contribution in [0, 0.1) is 19.3 Å². The average molecular weight is 340 g/mol. The Hall–Kier alpha value is -1.88. The van der Waals surface area contributed by atoms with Crippen molar-refractivity contribution in [2.75, 3.05) is 6.54 Å². The van der Waals surface area contributed by atoms with Gasteiger partial charge in [0.15, 0.2) is 0 Å². The fourth-order valence-electron chi connectivity index (χ4n) is 4.75. The zero-order valence-corrected chi connectivity index (χ0v) is 15.4. The Labute approximate surface area is 149 Å². The topological polar surface area (TPSA) is 69.8 Å². The second-order valence-electron chi connectivity index (χ2n) is 7.80. The molecule has 1 aromatic carbocycles. The molecule has 1 amide bonds. The monoisotopic (exact) mass is 340 g/mol. The van der Waals surface area contributed by atoms with Crippen LogP contribution in [0.15, 0.2) is 12.1 Å². The van der Waals surface area contributed by atoms with E-state index in [1.807, 2.05) is 0 Å². The molecular formula is C20H28N4O. The number of amides is 1. The van der Waals surface area contributed by atoms with Crippen molar-refractivity contribution < 1.29 is 4.79 Å². The Bertz CT molecular complexity index is 811. The van der Waals surface area contributed by atoms with Gasteiger partial charge < -0.3 is 15.6 Å². The van der Waals surface area contributed by atoms with Crippen LogP contribution >= 0.6 is 0 Å². The minimum atomic E-state index is -0.204. The number of hydrogen-bond donors (Lipinski definition) is 3. The predicted molar refractivity (Wildman–Crippen MR) is 99.6 cm³/mol. The van der Waals surface area contributed by atoms with Crippen LogP contribution < -0.4 is 10.6 Å². The first-order chi connectivity index (χ1) is 12.0. The van der Waals surface area contributed by atoms with E-state index in [0.29, 0.717) is 18.6 Å². The smallest absolute Gasteiger partial charge is 0.227 e. The van der Waals surface area contributed by atoms with Gasteiger partial charge in [-0.05, 0) is 56.7 Å². The maximum Gasteiger partial charge on any atom is 0.227 e. The van der Waals surface area contributed by atoms with Gasteiger partial charge in [0, 0.05) is 25.0 Å².